The van der Waals surface area contributed by atoms with Crippen molar-refractivity contribution in [3.05, 3.63) is 117 Å². The van der Waals surface area contributed by atoms with Crippen molar-refractivity contribution in [2.24, 2.45) is 5.92 Å². The van der Waals surface area contributed by atoms with Gasteiger partial charge >= 0.3 is 11.4 Å². The van der Waals surface area contributed by atoms with Crippen LogP contribution in [-0.2, 0) is 9.47 Å². The fourth-order valence-corrected chi connectivity index (χ4v) is 5.75. The van der Waals surface area contributed by atoms with E-state index < -0.39 is 23.7 Å². The standard InChI is InChI=1S/C18H21N3O3.C17H19N3O4/c1-3-14-12(2)11-16(24-14)21-10-9-15(20-18(21)23)19-17(22)13-7-5-4-6-8-13;1-2-13-12(21)10-15(24-13)20-9-8-14(19-17(20)23)18-16(22)11-6-4-3-5-7-11/h4-10,12,14,16H,3,11H2,1-2H3,(H,19,20,22,23);3-9,12-13,15,21H,2,10H2,1H3,(H,18,19,22,23)/t12-,14+,16+;12-,13+,15+/m00/s1. The van der Waals surface area contributed by atoms with Crippen molar-refractivity contribution in [2.45, 2.75) is 77.2 Å². The second-order valence-electron chi connectivity index (χ2n) is 11.7. The maximum absolute atomic E-state index is 12.3. The van der Waals surface area contributed by atoms with Gasteiger partial charge in [-0.3, -0.25) is 18.7 Å². The molecule has 6 rings (SSSR count). The van der Waals surface area contributed by atoms with Crippen LogP contribution in [0.2, 0.25) is 0 Å². The Bertz CT molecular complexity index is 1680. The van der Waals surface area contributed by atoms with Crippen LogP contribution < -0.4 is 22.0 Å². The highest BCUT2D eigenvalue weighted by Gasteiger charge is 2.34. The highest BCUT2D eigenvalue weighted by atomic mass is 16.5. The SMILES string of the molecule is CC[C@H]1O[C@@H](n2ccc(NC(=O)c3ccccc3)nc2=O)C[C@@H]1C.CC[C@H]1O[C@@H](n2ccc(NC(=O)c3ccccc3)nc2=O)C[C@@H]1O. The van der Waals surface area contributed by atoms with Crippen molar-refractivity contribution in [1.82, 2.24) is 19.1 Å². The maximum Gasteiger partial charge on any atom is 0.351 e. The molecule has 48 heavy (non-hydrogen) atoms. The van der Waals surface area contributed by atoms with Gasteiger partial charge in [-0.05, 0) is 61.6 Å². The van der Waals surface area contributed by atoms with Crippen molar-refractivity contribution in [3.63, 3.8) is 0 Å². The molecule has 13 heteroatoms. The summed E-state index contributed by atoms with van der Waals surface area (Å²) in [5.74, 6) is 0.194. The summed E-state index contributed by atoms with van der Waals surface area (Å²) in [5, 5.41) is 15.1. The number of anilines is 2. The molecule has 2 aromatic carbocycles. The van der Waals surface area contributed by atoms with E-state index in [1.165, 1.54) is 21.4 Å². The zero-order valence-corrected chi connectivity index (χ0v) is 27.1. The summed E-state index contributed by atoms with van der Waals surface area (Å²) in [6.07, 6.45) is 4.34. The minimum Gasteiger partial charge on any atom is -0.390 e. The van der Waals surface area contributed by atoms with Gasteiger partial charge in [0.15, 0.2) is 0 Å². The summed E-state index contributed by atoms with van der Waals surface area (Å²) in [5.41, 5.74) is 0.0448. The fourth-order valence-electron chi connectivity index (χ4n) is 5.75. The maximum atomic E-state index is 12.3. The zero-order chi connectivity index (χ0) is 34.2. The summed E-state index contributed by atoms with van der Waals surface area (Å²) in [6.45, 7) is 6.12. The van der Waals surface area contributed by atoms with Crippen LogP contribution in [0.15, 0.2) is 94.8 Å². The number of hydrogen-bond acceptors (Lipinski definition) is 9. The molecular weight excluding hydrogens is 616 g/mol. The number of amides is 2. The van der Waals surface area contributed by atoms with Gasteiger partial charge in [-0.15, -0.1) is 0 Å². The van der Waals surface area contributed by atoms with Gasteiger partial charge in [-0.1, -0.05) is 57.2 Å². The number of carbonyl (C=O) groups is 2. The van der Waals surface area contributed by atoms with E-state index in [0.717, 1.165) is 12.8 Å². The Balaban J connectivity index is 0.000000188. The first-order valence-corrected chi connectivity index (χ1v) is 16.1. The van der Waals surface area contributed by atoms with Crippen LogP contribution in [0.25, 0.3) is 0 Å². The Kier molecular flexibility index (Phi) is 11.3. The summed E-state index contributed by atoms with van der Waals surface area (Å²) in [7, 11) is 0. The monoisotopic (exact) mass is 656 g/mol. The third-order valence-electron chi connectivity index (χ3n) is 8.38. The van der Waals surface area contributed by atoms with E-state index in [0.29, 0.717) is 29.9 Å². The average molecular weight is 657 g/mol. The zero-order valence-electron chi connectivity index (χ0n) is 27.1. The highest BCUT2D eigenvalue weighted by molar-refractivity contribution is 6.04. The molecule has 2 saturated heterocycles. The van der Waals surface area contributed by atoms with Gasteiger partial charge < -0.3 is 25.2 Å². The number of rotatable bonds is 8. The minimum atomic E-state index is -0.593. The molecule has 2 fully saturated rings. The van der Waals surface area contributed by atoms with Gasteiger partial charge in [0.25, 0.3) is 11.8 Å². The van der Waals surface area contributed by atoms with Crippen molar-refractivity contribution in [1.29, 1.82) is 0 Å². The lowest BCUT2D eigenvalue weighted by atomic mass is 10.0. The van der Waals surface area contributed by atoms with Crippen LogP contribution in [0, 0.1) is 5.92 Å². The Morgan fingerprint density at radius 1 is 0.729 bits per heavy atom. The molecule has 0 unspecified atom stereocenters. The van der Waals surface area contributed by atoms with Crippen molar-refractivity contribution < 1.29 is 24.2 Å². The van der Waals surface area contributed by atoms with Gasteiger partial charge in [-0.25, -0.2) is 9.59 Å². The number of hydrogen-bond donors (Lipinski definition) is 3. The minimum absolute atomic E-state index is 0.166. The number of nitrogens with one attached hydrogen (secondary N) is 2. The van der Waals surface area contributed by atoms with Crippen LogP contribution >= 0.6 is 0 Å². The normalized spacial score (nSPS) is 23.2. The molecule has 0 saturated carbocycles. The third-order valence-corrected chi connectivity index (χ3v) is 8.38. The van der Waals surface area contributed by atoms with Crippen molar-refractivity contribution in [2.75, 3.05) is 10.6 Å². The highest BCUT2D eigenvalue weighted by Crippen LogP contribution is 2.33. The molecule has 0 bridgehead atoms. The predicted molar refractivity (Wildman–Crippen MR) is 179 cm³/mol. The van der Waals surface area contributed by atoms with Crippen LogP contribution in [0.4, 0.5) is 11.6 Å². The number of aliphatic hydroxyl groups is 1. The molecule has 2 aliphatic heterocycles. The fraction of sp³-hybridized carbons (Fsp3) is 0.371. The summed E-state index contributed by atoms with van der Waals surface area (Å²) < 4.78 is 14.4. The van der Waals surface area contributed by atoms with E-state index in [2.05, 4.69) is 34.4 Å². The van der Waals surface area contributed by atoms with Crippen LogP contribution in [-0.4, -0.2) is 54.3 Å². The molecule has 4 heterocycles. The molecule has 0 aliphatic carbocycles. The first-order valence-electron chi connectivity index (χ1n) is 16.1. The van der Waals surface area contributed by atoms with Crippen LogP contribution in [0.5, 0.6) is 0 Å². The first-order chi connectivity index (χ1) is 23.2. The number of benzene rings is 2. The van der Waals surface area contributed by atoms with E-state index in [-0.39, 0.29) is 41.9 Å². The number of aromatic nitrogens is 4. The lowest BCUT2D eigenvalue weighted by Gasteiger charge is -2.15. The molecule has 6 atom stereocenters. The van der Waals surface area contributed by atoms with E-state index in [4.69, 9.17) is 9.47 Å². The molecule has 2 amide bonds. The topological polar surface area (TPSA) is 167 Å². The summed E-state index contributed by atoms with van der Waals surface area (Å²) >= 11 is 0. The van der Waals surface area contributed by atoms with Gasteiger partial charge in [0.2, 0.25) is 0 Å². The number of ether oxygens (including phenoxy) is 2. The molecule has 0 radical (unpaired) electrons. The molecule has 2 aromatic heterocycles. The molecular formula is C35H40N6O7. The smallest absolute Gasteiger partial charge is 0.351 e. The Hall–Kier alpha value is -4.98. The Morgan fingerprint density at radius 2 is 1.17 bits per heavy atom. The number of nitrogens with zero attached hydrogens (tertiary/aromatic N) is 4. The second kappa shape index (κ2) is 15.7. The lowest BCUT2D eigenvalue weighted by Crippen LogP contribution is -2.28. The van der Waals surface area contributed by atoms with E-state index in [1.54, 1.807) is 60.8 Å². The number of carbonyl (C=O) groups excluding carboxylic acids is 2. The first kappa shape index (κ1) is 34.4. The van der Waals surface area contributed by atoms with Crippen LogP contribution in [0.1, 0.15) is 79.6 Å². The quantitative estimate of drug-likeness (QED) is 0.249. The lowest BCUT2D eigenvalue weighted by molar-refractivity contribution is -0.0216. The Morgan fingerprint density at radius 3 is 1.56 bits per heavy atom. The Labute approximate surface area is 277 Å². The molecule has 4 aromatic rings. The van der Waals surface area contributed by atoms with Gasteiger partial charge in [-0.2, -0.15) is 9.97 Å². The van der Waals surface area contributed by atoms with E-state index >= 15 is 0 Å². The van der Waals surface area contributed by atoms with E-state index in [1.807, 2.05) is 19.1 Å². The van der Waals surface area contributed by atoms with Gasteiger partial charge in [0.05, 0.1) is 18.3 Å². The number of aliphatic hydroxyl groups excluding tert-OH is 1. The largest absolute Gasteiger partial charge is 0.390 e. The van der Waals surface area contributed by atoms with Gasteiger partial charge in [0, 0.05) is 29.9 Å². The summed E-state index contributed by atoms with van der Waals surface area (Å²) in [6, 6.07) is 20.6. The molecule has 0 spiro atoms. The molecule has 252 valence electrons. The molecule has 3 N–H and O–H groups in total. The van der Waals surface area contributed by atoms with E-state index in [9.17, 15) is 24.3 Å². The van der Waals surface area contributed by atoms with Gasteiger partial charge in [0.1, 0.15) is 24.1 Å². The average Bonchev–Trinajstić information content (AvgIpc) is 3.66. The van der Waals surface area contributed by atoms with Crippen molar-refractivity contribution >= 4 is 23.5 Å². The second-order valence-corrected chi connectivity index (χ2v) is 11.7. The summed E-state index contributed by atoms with van der Waals surface area (Å²) in [4.78, 5) is 56.5. The van der Waals surface area contributed by atoms with Crippen LogP contribution in [0.3, 0.4) is 0 Å². The molecule has 2 aliphatic rings. The molecule has 13 nitrogen and oxygen atoms in total. The van der Waals surface area contributed by atoms with Crippen molar-refractivity contribution in [3.8, 4) is 0 Å². The third kappa shape index (κ3) is 8.29. The predicted octanol–water partition coefficient (Wildman–Crippen LogP) is 4.38.